The third-order valence-electron chi connectivity index (χ3n) is 4.77. The molecule has 27 heavy (non-hydrogen) atoms. The highest BCUT2D eigenvalue weighted by Crippen LogP contribution is 2.55. The number of phenolic OH excluding ortho intramolecular Hbond substituents is 2. The maximum atomic E-state index is 10.9. The third-order valence-corrected chi connectivity index (χ3v) is 9.09. The van der Waals surface area contributed by atoms with Crippen LogP contribution in [0.1, 0.15) is 0 Å². The Morgan fingerprint density at radius 3 is 1.41 bits per heavy atom. The first kappa shape index (κ1) is 17.3. The normalized spacial score (nSPS) is 11.3. The van der Waals surface area contributed by atoms with E-state index in [2.05, 4.69) is 24.3 Å². The second-order valence-corrected chi connectivity index (χ2v) is 9.72. The Labute approximate surface area is 159 Å². The van der Waals surface area contributed by atoms with Gasteiger partial charge in [-0.1, -0.05) is 48.5 Å². The summed E-state index contributed by atoms with van der Waals surface area (Å²) in [7, 11) is -2.32. The molecule has 0 saturated carbocycles. The van der Waals surface area contributed by atoms with Gasteiger partial charge < -0.3 is 10.2 Å². The van der Waals surface area contributed by atoms with E-state index in [-0.39, 0.29) is 11.5 Å². The van der Waals surface area contributed by atoms with E-state index in [9.17, 15) is 10.2 Å². The number of hydrogen-bond acceptors (Lipinski definition) is 2. The molecule has 0 unspecified atom stereocenters. The van der Waals surface area contributed by atoms with Gasteiger partial charge in [0.25, 0.3) is 0 Å². The summed E-state index contributed by atoms with van der Waals surface area (Å²) in [6.45, 7) is 0. The molecule has 0 saturated heterocycles. The Morgan fingerprint density at radius 1 is 0.444 bits per heavy atom. The first-order valence-corrected chi connectivity index (χ1v) is 10.6. The number of rotatable bonds is 4. The summed E-state index contributed by atoms with van der Waals surface area (Å²) >= 11 is 0. The van der Waals surface area contributed by atoms with Gasteiger partial charge in [-0.25, -0.2) is 0 Å². The summed E-state index contributed by atoms with van der Waals surface area (Å²) in [6.07, 6.45) is 0. The van der Waals surface area contributed by atoms with Crippen molar-refractivity contribution in [3.05, 3.63) is 109 Å². The lowest BCUT2D eigenvalue weighted by Crippen LogP contribution is -2.38. The lowest BCUT2D eigenvalue weighted by atomic mass is 10.3. The maximum absolute atomic E-state index is 10.9. The smallest absolute Gasteiger partial charge is 0.159 e. The minimum Gasteiger partial charge on any atom is -0.508 e. The number of benzene rings is 4. The average molecular weight is 371 g/mol. The topological polar surface area (TPSA) is 40.5 Å². The summed E-state index contributed by atoms with van der Waals surface area (Å²) in [5.74, 6) is 0.516. The van der Waals surface area contributed by atoms with E-state index < -0.39 is 7.26 Å². The predicted octanol–water partition coefficient (Wildman–Crippen LogP) is 3.72. The monoisotopic (exact) mass is 371 g/mol. The Hall–Kier alpha value is -3.09. The molecule has 0 radical (unpaired) electrons. The van der Waals surface area contributed by atoms with Gasteiger partial charge >= 0.3 is 0 Å². The lowest BCUT2D eigenvalue weighted by Gasteiger charge is -2.28. The molecular weight excluding hydrogens is 351 g/mol. The average Bonchev–Trinajstić information content (AvgIpc) is 2.73. The first-order valence-electron chi connectivity index (χ1n) is 8.81. The Kier molecular flexibility index (Phi) is 4.66. The van der Waals surface area contributed by atoms with Gasteiger partial charge in [-0.05, 0) is 60.7 Å². The van der Waals surface area contributed by atoms with Gasteiger partial charge in [-0.15, -0.1) is 0 Å². The van der Waals surface area contributed by atoms with Crippen LogP contribution in [0.3, 0.4) is 0 Å². The van der Waals surface area contributed by atoms with Crippen molar-refractivity contribution in [3.63, 3.8) is 0 Å². The molecule has 0 atom stereocenters. The molecule has 0 spiro atoms. The molecule has 3 heteroatoms. The number of para-hydroxylation sites is 1. The van der Waals surface area contributed by atoms with Crippen LogP contribution in [0, 0.1) is 0 Å². The van der Waals surface area contributed by atoms with Crippen LogP contribution in [0.5, 0.6) is 11.5 Å². The predicted molar refractivity (Wildman–Crippen MR) is 115 cm³/mol. The molecular formula is C24H20O2P+. The van der Waals surface area contributed by atoms with Crippen molar-refractivity contribution in [2.24, 2.45) is 0 Å². The van der Waals surface area contributed by atoms with Crippen molar-refractivity contribution >= 4 is 28.5 Å². The molecule has 4 rings (SSSR count). The van der Waals surface area contributed by atoms with E-state index in [1.807, 2.05) is 66.7 Å². The fraction of sp³-hybridized carbons (Fsp3) is 0. The molecule has 4 aromatic rings. The fourth-order valence-electron chi connectivity index (χ4n) is 3.59. The summed E-state index contributed by atoms with van der Waals surface area (Å²) in [6, 6.07) is 35.6. The zero-order valence-corrected chi connectivity index (χ0v) is 15.6. The molecule has 0 aliphatic carbocycles. The van der Waals surface area contributed by atoms with E-state index in [0.29, 0.717) is 0 Å². The number of phenols is 2. The van der Waals surface area contributed by atoms with E-state index in [4.69, 9.17) is 0 Å². The van der Waals surface area contributed by atoms with Crippen LogP contribution in [0.15, 0.2) is 109 Å². The van der Waals surface area contributed by atoms with E-state index in [1.54, 1.807) is 18.2 Å². The summed E-state index contributed by atoms with van der Waals surface area (Å²) in [5, 5.41) is 25.0. The van der Waals surface area contributed by atoms with Gasteiger partial charge in [0.15, 0.2) is 11.1 Å². The van der Waals surface area contributed by atoms with Crippen molar-refractivity contribution in [2.45, 2.75) is 0 Å². The van der Waals surface area contributed by atoms with Crippen LogP contribution in [-0.4, -0.2) is 10.2 Å². The van der Waals surface area contributed by atoms with Crippen LogP contribution < -0.4 is 21.2 Å². The van der Waals surface area contributed by atoms with Gasteiger partial charge in [-0.3, -0.25) is 0 Å². The molecule has 132 valence electrons. The number of hydrogen-bond donors (Lipinski definition) is 2. The zero-order chi connectivity index (χ0) is 18.7. The van der Waals surface area contributed by atoms with Gasteiger partial charge in [0.2, 0.25) is 0 Å². The summed E-state index contributed by atoms with van der Waals surface area (Å²) in [5.41, 5.74) is 0. The Bertz CT molecular complexity index is 989. The standard InChI is InChI=1S/C24H19O2P/c25-19-15-17-22(18-16-19)27(20-9-3-1-4-10-20,21-11-5-2-6-12-21)24-14-8-7-13-23(24)26/h1-18H,(H-,25,26)/p+1. The first-order chi connectivity index (χ1) is 13.2. The molecule has 0 aliphatic rings. The molecule has 2 nitrogen and oxygen atoms in total. The molecule has 0 heterocycles. The van der Waals surface area contributed by atoms with Crippen LogP contribution in [-0.2, 0) is 0 Å². The Morgan fingerprint density at radius 2 is 0.889 bits per heavy atom. The maximum Gasteiger partial charge on any atom is 0.159 e. The largest absolute Gasteiger partial charge is 0.508 e. The second-order valence-electron chi connectivity index (χ2n) is 6.35. The van der Waals surface area contributed by atoms with Crippen molar-refractivity contribution in [2.75, 3.05) is 0 Å². The highest BCUT2D eigenvalue weighted by atomic mass is 31.2. The lowest BCUT2D eigenvalue weighted by molar-refractivity contribution is 0.475. The molecule has 2 N–H and O–H groups in total. The van der Waals surface area contributed by atoms with Crippen molar-refractivity contribution in [1.82, 2.24) is 0 Å². The SMILES string of the molecule is Oc1ccc([P+](c2ccccc2)(c2ccccc2)c2ccccc2O)cc1. The van der Waals surface area contributed by atoms with Crippen LogP contribution in [0.25, 0.3) is 0 Å². The van der Waals surface area contributed by atoms with E-state index in [1.165, 1.54) is 0 Å². The van der Waals surface area contributed by atoms with Crippen molar-refractivity contribution in [1.29, 1.82) is 0 Å². The molecule has 0 fully saturated rings. The fourth-order valence-corrected chi connectivity index (χ4v) is 7.88. The highest BCUT2D eigenvalue weighted by Gasteiger charge is 2.49. The van der Waals surface area contributed by atoms with Crippen LogP contribution >= 0.6 is 7.26 Å². The zero-order valence-electron chi connectivity index (χ0n) is 14.7. The van der Waals surface area contributed by atoms with Crippen molar-refractivity contribution < 1.29 is 10.2 Å². The van der Waals surface area contributed by atoms with E-state index in [0.717, 1.165) is 21.2 Å². The molecule has 0 aromatic heterocycles. The minimum atomic E-state index is -2.32. The van der Waals surface area contributed by atoms with Crippen LogP contribution in [0.2, 0.25) is 0 Å². The second kappa shape index (κ2) is 7.26. The quantitative estimate of drug-likeness (QED) is 0.537. The third kappa shape index (κ3) is 2.99. The molecule has 4 aromatic carbocycles. The molecule has 0 aliphatic heterocycles. The van der Waals surface area contributed by atoms with Gasteiger partial charge in [0.1, 0.15) is 28.9 Å². The van der Waals surface area contributed by atoms with Crippen molar-refractivity contribution in [3.8, 4) is 11.5 Å². The van der Waals surface area contributed by atoms with Gasteiger partial charge in [0, 0.05) is 0 Å². The summed E-state index contributed by atoms with van der Waals surface area (Å²) < 4.78 is 0. The van der Waals surface area contributed by atoms with Crippen LogP contribution in [0.4, 0.5) is 0 Å². The minimum absolute atomic E-state index is 0.232. The highest BCUT2D eigenvalue weighted by molar-refractivity contribution is 8.01. The summed E-state index contributed by atoms with van der Waals surface area (Å²) in [4.78, 5) is 0. The molecule has 0 bridgehead atoms. The van der Waals surface area contributed by atoms with E-state index >= 15 is 0 Å². The van der Waals surface area contributed by atoms with Gasteiger partial charge in [-0.2, -0.15) is 0 Å². The Balaban J connectivity index is 2.16. The molecule has 0 amide bonds. The van der Waals surface area contributed by atoms with Gasteiger partial charge in [0.05, 0.1) is 0 Å². The number of aromatic hydroxyl groups is 2.